The molecule has 0 aromatic heterocycles. The van der Waals surface area contributed by atoms with E-state index < -0.39 is 34.0 Å². The molecular formula is C19H19F3N4O3. The zero-order chi connectivity index (χ0) is 21.1. The third-order valence-corrected chi connectivity index (χ3v) is 4.91. The summed E-state index contributed by atoms with van der Waals surface area (Å²) in [6.07, 6.45) is 1.83. The summed E-state index contributed by atoms with van der Waals surface area (Å²) in [5.74, 6) is -4.76. The highest BCUT2D eigenvalue weighted by Crippen LogP contribution is 2.29. The molecule has 154 valence electrons. The Morgan fingerprint density at radius 2 is 1.83 bits per heavy atom. The Morgan fingerprint density at radius 1 is 1.14 bits per heavy atom. The quantitative estimate of drug-likeness (QED) is 0.444. The van der Waals surface area contributed by atoms with Gasteiger partial charge in [0.25, 0.3) is 11.6 Å². The number of amides is 1. The van der Waals surface area contributed by atoms with Crippen molar-refractivity contribution in [2.45, 2.75) is 19.8 Å². The van der Waals surface area contributed by atoms with Crippen LogP contribution in [0.1, 0.15) is 30.1 Å². The monoisotopic (exact) mass is 408 g/mol. The Bertz CT molecular complexity index is 947. The van der Waals surface area contributed by atoms with Crippen molar-refractivity contribution in [3.8, 4) is 0 Å². The Kier molecular flexibility index (Phi) is 5.90. The first-order chi connectivity index (χ1) is 13.8. The lowest BCUT2D eigenvalue weighted by atomic mass is 9.98. The fraction of sp³-hybridized carbons (Fsp3) is 0.316. The minimum atomic E-state index is -1.68. The van der Waals surface area contributed by atoms with Crippen molar-refractivity contribution >= 4 is 23.0 Å². The van der Waals surface area contributed by atoms with Crippen molar-refractivity contribution in [3.05, 3.63) is 63.5 Å². The standard InChI is InChI=1S/C19H19F3N4O3/c1-11-6-8-25(9-7-11)16-5-2-12(26(28)29)10-13(16)19(27)24-23-15-4-3-14(20)17(21)18(15)22/h2-5,10-11,23H,6-9H2,1H3,(H,24,27). The van der Waals surface area contributed by atoms with Gasteiger partial charge in [0.15, 0.2) is 17.5 Å². The van der Waals surface area contributed by atoms with Crippen LogP contribution >= 0.6 is 0 Å². The lowest BCUT2D eigenvalue weighted by Gasteiger charge is -2.33. The minimum Gasteiger partial charge on any atom is -0.371 e. The van der Waals surface area contributed by atoms with Gasteiger partial charge in [0.2, 0.25) is 0 Å². The van der Waals surface area contributed by atoms with Crippen LogP contribution < -0.4 is 15.8 Å². The molecule has 0 bridgehead atoms. The predicted molar refractivity (Wildman–Crippen MR) is 101 cm³/mol. The van der Waals surface area contributed by atoms with Crippen LogP contribution in [-0.2, 0) is 0 Å². The number of non-ortho nitro benzene ring substituents is 1. The summed E-state index contributed by atoms with van der Waals surface area (Å²) in [4.78, 5) is 25.1. The number of anilines is 2. The SMILES string of the molecule is CC1CCN(c2ccc([N+](=O)[O-])cc2C(=O)NNc2ccc(F)c(F)c2F)CC1. The first-order valence-electron chi connectivity index (χ1n) is 9.01. The zero-order valence-corrected chi connectivity index (χ0v) is 15.5. The number of carbonyl (C=O) groups is 1. The molecule has 2 aromatic rings. The van der Waals surface area contributed by atoms with E-state index in [1.54, 1.807) is 0 Å². The molecule has 10 heteroatoms. The molecule has 0 radical (unpaired) electrons. The average molecular weight is 408 g/mol. The van der Waals surface area contributed by atoms with Gasteiger partial charge >= 0.3 is 0 Å². The van der Waals surface area contributed by atoms with Gasteiger partial charge in [0.05, 0.1) is 21.9 Å². The molecule has 1 aliphatic rings. The van der Waals surface area contributed by atoms with Crippen molar-refractivity contribution < 1.29 is 22.9 Å². The number of nitrogens with zero attached hydrogens (tertiary/aromatic N) is 2. The molecule has 3 rings (SSSR count). The number of nitro groups is 1. The van der Waals surface area contributed by atoms with Crippen molar-refractivity contribution in [2.24, 2.45) is 5.92 Å². The van der Waals surface area contributed by atoms with Gasteiger partial charge in [-0.1, -0.05) is 6.92 Å². The van der Waals surface area contributed by atoms with Crippen LogP contribution in [0.2, 0.25) is 0 Å². The van der Waals surface area contributed by atoms with E-state index in [4.69, 9.17) is 0 Å². The highest BCUT2D eigenvalue weighted by atomic mass is 19.2. The van der Waals surface area contributed by atoms with Gasteiger partial charge in [0.1, 0.15) is 0 Å². The number of nitro benzene ring substituents is 1. The summed E-state index contributed by atoms with van der Waals surface area (Å²) in [7, 11) is 0. The van der Waals surface area contributed by atoms with Gasteiger partial charge in [-0.05, 0) is 37.0 Å². The van der Waals surface area contributed by atoms with Gasteiger partial charge in [-0.25, -0.2) is 13.2 Å². The maximum atomic E-state index is 13.8. The highest BCUT2D eigenvalue weighted by molar-refractivity contribution is 6.01. The van der Waals surface area contributed by atoms with Crippen LogP contribution in [0.25, 0.3) is 0 Å². The molecule has 2 aromatic carbocycles. The molecule has 1 saturated heterocycles. The zero-order valence-electron chi connectivity index (χ0n) is 15.5. The third kappa shape index (κ3) is 4.41. The van der Waals surface area contributed by atoms with E-state index >= 15 is 0 Å². The van der Waals surface area contributed by atoms with E-state index in [1.807, 2.05) is 4.90 Å². The van der Waals surface area contributed by atoms with Crippen LogP contribution in [0.5, 0.6) is 0 Å². The van der Waals surface area contributed by atoms with Gasteiger partial charge in [0, 0.05) is 25.2 Å². The first-order valence-corrected chi connectivity index (χ1v) is 9.01. The van der Waals surface area contributed by atoms with Crippen molar-refractivity contribution in [2.75, 3.05) is 23.4 Å². The lowest BCUT2D eigenvalue weighted by Crippen LogP contribution is -2.36. The minimum absolute atomic E-state index is 0.0178. The Balaban J connectivity index is 1.85. The number of piperidine rings is 1. The van der Waals surface area contributed by atoms with E-state index in [1.165, 1.54) is 12.1 Å². The van der Waals surface area contributed by atoms with Crippen LogP contribution in [0.15, 0.2) is 30.3 Å². The molecule has 1 amide bonds. The fourth-order valence-corrected chi connectivity index (χ4v) is 3.16. The van der Waals surface area contributed by atoms with Crippen LogP contribution in [0, 0.1) is 33.5 Å². The Hall–Kier alpha value is -3.30. The van der Waals surface area contributed by atoms with Gasteiger partial charge in [-0.2, -0.15) is 0 Å². The summed E-state index contributed by atoms with van der Waals surface area (Å²) in [5.41, 5.74) is 4.16. The molecule has 7 nitrogen and oxygen atoms in total. The van der Waals surface area contributed by atoms with Gasteiger partial charge in [-0.3, -0.25) is 25.8 Å². The van der Waals surface area contributed by atoms with E-state index in [9.17, 15) is 28.1 Å². The van der Waals surface area contributed by atoms with E-state index in [0.29, 0.717) is 30.8 Å². The van der Waals surface area contributed by atoms with Crippen LogP contribution in [0.4, 0.5) is 30.2 Å². The van der Waals surface area contributed by atoms with E-state index in [-0.39, 0.29) is 11.3 Å². The molecule has 0 aliphatic carbocycles. The molecule has 0 unspecified atom stereocenters. The number of benzene rings is 2. The number of hydrogen-bond acceptors (Lipinski definition) is 5. The van der Waals surface area contributed by atoms with E-state index in [2.05, 4.69) is 17.8 Å². The average Bonchev–Trinajstić information content (AvgIpc) is 2.71. The molecule has 0 atom stereocenters. The second-order valence-electron chi connectivity index (χ2n) is 6.93. The highest BCUT2D eigenvalue weighted by Gasteiger charge is 2.24. The molecule has 29 heavy (non-hydrogen) atoms. The normalized spacial score (nSPS) is 14.6. The Morgan fingerprint density at radius 3 is 2.48 bits per heavy atom. The summed E-state index contributed by atoms with van der Waals surface area (Å²) < 4.78 is 40.1. The lowest BCUT2D eigenvalue weighted by molar-refractivity contribution is -0.384. The maximum absolute atomic E-state index is 13.8. The van der Waals surface area contributed by atoms with Crippen LogP contribution in [-0.4, -0.2) is 23.9 Å². The summed E-state index contributed by atoms with van der Waals surface area (Å²) >= 11 is 0. The third-order valence-electron chi connectivity index (χ3n) is 4.91. The van der Waals surface area contributed by atoms with Crippen molar-refractivity contribution in [1.29, 1.82) is 0 Å². The summed E-state index contributed by atoms with van der Waals surface area (Å²) in [5, 5.41) is 11.1. The van der Waals surface area contributed by atoms with Crippen molar-refractivity contribution in [3.63, 3.8) is 0 Å². The number of rotatable bonds is 5. The van der Waals surface area contributed by atoms with Crippen molar-refractivity contribution in [1.82, 2.24) is 5.43 Å². The van der Waals surface area contributed by atoms with Gasteiger partial charge in [-0.15, -0.1) is 0 Å². The smallest absolute Gasteiger partial charge is 0.271 e. The topological polar surface area (TPSA) is 87.5 Å². The molecule has 2 N–H and O–H groups in total. The van der Waals surface area contributed by atoms with E-state index in [0.717, 1.165) is 25.0 Å². The first kappa shape index (κ1) is 20.4. The number of halogens is 3. The van der Waals surface area contributed by atoms with Gasteiger partial charge < -0.3 is 4.90 Å². The largest absolute Gasteiger partial charge is 0.371 e. The molecule has 1 fully saturated rings. The fourth-order valence-electron chi connectivity index (χ4n) is 3.16. The Labute approximate surface area is 164 Å². The number of hydrazine groups is 1. The molecular weight excluding hydrogens is 389 g/mol. The second-order valence-corrected chi connectivity index (χ2v) is 6.93. The predicted octanol–water partition coefficient (Wildman–Crippen LogP) is 4.01. The summed E-state index contributed by atoms with van der Waals surface area (Å²) in [6, 6.07) is 5.58. The summed E-state index contributed by atoms with van der Waals surface area (Å²) in [6.45, 7) is 3.50. The molecule has 0 saturated carbocycles. The maximum Gasteiger partial charge on any atom is 0.271 e. The van der Waals surface area contributed by atoms with Crippen LogP contribution in [0.3, 0.4) is 0 Å². The molecule has 1 aliphatic heterocycles. The number of carbonyl (C=O) groups excluding carboxylic acids is 1. The number of nitrogens with one attached hydrogen (secondary N) is 2. The molecule has 0 spiro atoms. The number of hydrogen-bond donors (Lipinski definition) is 2. The second kappa shape index (κ2) is 8.38. The molecule has 1 heterocycles.